The summed E-state index contributed by atoms with van der Waals surface area (Å²) in [7, 11) is 20.9. The third-order valence-electron chi connectivity index (χ3n) is 5.50. The zero-order valence-corrected chi connectivity index (χ0v) is 17.3. The summed E-state index contributed by atoms with van der Waals surface area (Å²) >= 11 is 0. The molecule has 1 unspecified atom stereocenters. The molecule has 0 fully saturated rings. The first-order valence-corrected chi connectivity index (χ1v) is 9.63. The average Bonchev–Trinajstić information content (AvgIpc) is 3.05. The second-order valence-electron chi connectivity index (χ2n) is 7.72. The van der Waals surface area contributed by atoms with Crippen molar-refractivity contribution in [1.82, 2.24) is 15.3 Å². The quantitative estimate of drug-likeness (QED) is 0.455. The molecule has 1 amide bonds. The molecule has 0 spiro atoms. The second kappa shape index (κ2) is 7.27. The normalized spacial score (nSPS) is 22.4. The summed E-state index contributed by atoms with van der Waals surface area (Å²) in [4.78, 5) is 26.4. The van der Waals surface area contributed by atoms with Gasteiger partial charge in [0.25, 0.3) is 5.91 Å². The lowest BCUT2D eigenvalue weighted by atomic mass is 9.53. The Morgan fingerprint density at radius 1 is 1.35 bits per heavy atom. The fourth-order valence-electron chi connectivity index (χ4n) is 4.08. The Bertz CT molecular complexity index is 1150. The Labute approximate surface area is 184 Å². The van der Waals surface area contributed by atoms with Gasteiger partial charge in [0.2, 0.25) is 0 Å². The van der Waals surface area contributed by atoms with Crippen molar-refractivity contribution in [3.05, 3.63) is 64.2 Å². The summed E-state index contributed by atoms with van der Waals surface area (Å²) in [6.45, 7) is 2.02. The van der Waals surface area contributed by atoms with E-state index in [9.17, 15) is 9.90 Å². The van der Waals surface area contributed by atoms with Crippen molar-refractivity contribution in [2.24, 2.45) is 10.7 Å². The third-order valence-corrected chi connectivity index (χ3v) is 5.50. The highest BCUT2D eigenvalue weighted by Crippen LogP contribution is 2.41. The van der Waals surface area contributed by atoms with E-state index in [1.807, 2.05) is 0 Å². The first-order valence-electron chi connectivity index (χ1n) is 9.63. The van der Waals surface area contributed by atoms with E-state index in [4.69, 9.17) is 29.3 Å². The van der Waals surface area contributed by atoms with Crippen molar-refractivity contribution in [2.75, 3.05) is 11.9 Å². The van der Waals surface area contributed by atoms with Crippen molar-refractivity contribution in [3.63, 3.8) is 0 Å². The number of hydrogen-bond acceptors (Lipinski definition) is 7. The number of anilines is 1. The number of pyridine rings is 2. The number of aliphatic imine (C=N–C) groups is 1. The molecule has 0 aromatic carbocycles. The van der Waals surface area contributed by atoms with Gasteiger partial charge in [0.05, 0.1) is 39.2 Å². The third kappa shape index (κ3) is 3.33. The minimum Gasteiger partial charge on any atom is -0.405 e. The first kappa shape index (κ1) is 21.2. The van der Waals surface area contributed by atoms with Gasteiger partial charge in [-0.15, -0.1) is 0 Å². The van der Waals surface area contributed by atoms with Gasteiger partial charge in [-0.05, 0) is 48.7 Å². The minimum absolute atomic E-state index is 0.100. The van der Waals surface area contributed by atoms with Crippen molar-refractivity contribution < 1.29 is 9.90 Å². The molecule has 11 heteroatoms. The Hall–Kier alpha value is -3.07. The number of carbonyl (C=O) groups is 1. The number of aromatic nitrogens is 2. The van der Waals surface area contributed by atoms with Gasteiger partial charge in [0.15, 0.2) is 7.85 Å². The predicted molar refractivity (Wildman–Crippen MR) is 120 cm³/mol. The maximum atomic E-state index is 12.0. The molecule has 0 aliphatic carbocycles. The van der Waals surface area contributed by atoms with Crippen LogP contribution >= 0.6 is 0 Å². The molecular weight excluding hydrogens is 389 g/mol. The highest BCUT2D eigenvalue weighted by molar-refractivity contribution is 6.43. The van der Waals surface area contributed by atoms with Gasteiger partial charge in [-0.1, -0.05) is 0 Å². The molecular formula is C20H19B3N6O2. The van der Waals surface area contributed by atoms with Gasteiger partial charge >= 0.3 is 0 Å². The molecule has 2 aromatic rings. The Kier molecular flexibility index (Phi) is 4.96. The van der Waals surface area contributed by atoms with Gasteiger partial charge in [-0.2, -0.15) is 0 Å². The molecule has 31 heavy (non-hydrogen) atoms. The van der Waals surface area contributed by atoms with Crippen molar-refractivity contribution in [1.29, 1.82) is 0 Å². The Morgan fingerprint density at radius 2 is 2.10 bits per heavy atom. The monoisotopic (exact) mass is 408 g/mol. The molecule has 1 atom stereocenters. The van der Waals surface area contributed by atoms with Crippen LogP contribution in [0.15, 0.2) is 35.6 Å². The van der Waals surface area contributed by atoms with Gasteiger partial charge in [-0.3, -0.25) is 14.8 Å². The number of carbonyl (C=O) groups excluding carboxylic acids is 1. The van der Waals surface area contributed by atoms with Crippen LogP contribution in [-0.2, 0) is 18.6 Å². The summed E-state index contributed by atoms with van der Waals surface area (Å²) in [5.41, 5.74) is 6.92. The van der Waals surface area contributed by atoms with E-state index in [1.165, 1.54) is 11.1 Å². The predicted octanol–water partition coefficient (Wildman–Crippen LogP) is -0.756. The zero-order valence-electron chi connectivity index (χ0n) is 17.3. The van der Waals surface area contributed by atoms with Crippen molar-refractivity contribution >= 4 is 41.0 Å². The molecule has 0 bridgehead atoms. The molecule has 2 aliphatic heterocycles. The number of fused-ring (bicyclic) bond motifs is 2. The number of amides is 1. The lowest BCUT2D eigenvalue weighted by molar-refractivity contribution is 0.0965. The van der Waals surface area contributed by atoms with Crippen LogP contribution < -0.4 is 16.0 Å². The van der Waals surface area contributed by atoms with Crippen LogP contribution in [0.25, 0.3) is 0 Å². The van der Waals surface area contributed by atoms with Crippen LogP contribution in [0.1, 0.15) is 38.4 Å². The van der Waals surface area contributed by atoms with E-state index in [1.54, 1.807) is 38.4 Å². The standard InChI is InChI=1S/C20H19B3N6O2/c1-10-5-12-16(9-27-18(12)30)28-17(10)29-19(21,22)7-15-13(20(29,23)31)6-11(8-26-15)14(25-2)3-4-24/h3-6,8,31H,7,9,24H2,1-2H3,(H,27,30)/b4-3-,25-14?. The number of rotatable bonds is 3. The van der Waals surface area contributed by atoms with Gasteiger partial charge in [0, 0.05) is 30.1 Å². The fraction of sp³-hybridized carbons (Fsp3) is 0.300. The summed E-state index contributed by atoms with van der Waals surface area (Å²) in [6.07, 6.45) is 4.68. The van der Waals surface area contributed by atoms with Crippen molar-refractivity contribution in [3.8, 4) is 0 Å². The number of aliphatic hydroxyl groups is 1. The molecule has 2 aliphatic rings. The number of nitrogens with zero attached hydrogens (tertiary/aromatic N) is 4. The van der Waals surface area contributed by atoms with E-state index < -0.39 is 11.0 Å². The molecule has 150 valence electrons. The lowest BCUT2D eigenvalue weighted by Gasteiger charge is -2.54. The number of aryl methyl sites for hydroxylation is 1. The molecule has 0 saturated heterocycles. The topological polar surface area (TPSA) is 117 Å². The number of nitrogens with one attached hydrogen (secondary N) is 1. The summed E-state index contributed by atoms with van der Waals surface area (Å²) in [6, 6.07) is 3.37. The molecule has 4 rings (SSSR count). The van der Waals surface area contributed by atoms with Crippen LogP contribution in [0.3, 0.4) is 0 Å². The second-order valence-corrected chi connectivity index (χ2v) is 7.72. The number of hydrogen-bond donors (Lipinski definition) is 3. The average molecular weight is 408 g/mol. The maximum absolute atomic E-state index is 12.0. The highest BCUT2D eigenvalue weighted by atomic mass is 16.3. The SMILES string of the molecule is [B]C1([B])Cc2ncc(C(/C=C\N)=NC)cc2C([B])(O)N1c1nc2c(cc1C)C(=O)NC2. The van der Waals surface area contributed by atoms with Crippen LogP contribution in [0.5, 0.6) is 0 Å². The van der Waals surface area contributed by atoms with E-state index >= 15 is 0 Å². The smallest absolute Gasteiger partial charge is 0.253 e. The highest BCUT2D eigenvalue weighted by Gasteiger charge is 2.47. The summed E-state index contributed by atoms with van der Waals surface area (Å²) in [5, 5.41) is 12.6. The maximum Gasteiger partial charge on any atom is 0.253 e. The van der Waals surface area contributed by atoms with E-state index in [-0.39, 0.29) is 24.7 Å². The largest absolute Gasteiger partial charge is 0.405 e. The molecule has 4 N–H and O–H groups in total. The molecule has 6 radical (unpaired) electrons. The van der Waals surface area contributed by atoms with Crippen LogP contribution in [-0.4, -0.2) is 62.6 Å². The van der Waals surface area contributed by atoms with Gasteiger partial charge in [-0.25, -0.2) is 4.98 Å². The summed E-state index contributed by atoms with van der Waals surface area (Å²) < 4.78 is 0. The summed E-state index contributed by atoms with van der Waals surface area (Å²) in [5.74, 6) is 0.0802. The minimum atomic E-state index is -2.13. The van der Waals surface area contributed by atoms with Crippen LogP contribution in [0, 0.1) is 6.92 Å². The number of nitrogens with two attached hydrogens (primary N) is 1. The molecule has 8 nitrogen and oxygen atoms in total. The van der Waals surface area contributed by atoms with Crippen LogP contribution in [0.4, 0.5) is 5.82 Å². The number of allylic oxidation sites excluding steroid dienone is 1. The van der Waals surface area contributed by atoms with Gasteiger partial charge in [0.1, 0.15) is 11.4 Å². The fourth-order valence-corrected chi connectivity index (χ4v) is 4.08. The first-order chi connectivity index (χ1) is 14.6. The molecule has 0 saturated carbocycles. The molecule has 2 aromatic heterocycles. The van der Waals surface area contributed by atoms with Crippen molar-refractivity contribution in [2.45, 2.75) is 30.9 Å². The van der Waals surface area contributed by atoms with E-state index in [2.05, 4.69) is 20.3 Å². The zero-order chi connectivity index (χ0) is 22.6. The Balaban J connectivity index is 1.88. The lowest BCUT2D eigenvalue weighted by Crippen LogP contribution is -2.66. The molecule has 4 heterocycles. The van der Waals surface area contributed by atoms with E-state index in [0.717, 1.165) is 0 Å². The Morgan fingerprint density at radius 3 is 2.77 bits per heavy atom. The van der Waals surface area contributed by atoms with E-state index in [0.29, 0.717) is 39.4 Å². The van der Waals surface area contributed by atoms with Crippen LogP contribution in [0.2, 0.25) is 0 Å². The van der Waals surface area contributed by atoms with Gasteiger partial charge < -0.3 is 21.1 Å².